The van der Waals surface area contributed by atoms with Gasteiger partial charge in [-0.25, -0.2) is 18.4 Å². The Bertz CT molecular complexity index is 437. The maximum absolute atomic E-state index is 13.2. The highest BCUT2D eigenvalue weighted by molar-refractivity contribution is 5.83. The molecule has 0 unspecified atom stereocenters. The van der Waals surface area contributed by atoms with E-state index in [1.165, 1.54) is 0 Å². The molecule has 0 aliphatic heterocycles. The molecule has 0 saturated heterocycles. The molecule has 11 heteroatoms. The van der Waals surface area contributed by atoms with E-state index in [2.05, 4.69) is 4.74 Å². The topological polar surface area (TPSA) is 167 Å². The molecule has 0 aromatic rings. The first-order chi connectivity index (χ1) is 10.9. The van der Waals surface area contributed by atoms with Gasteiger partial charge in [-0.3, -0.25) is 4.79 Å². The second kappa shape index (κ2) is 9.45. The fraction of sp³-hybridized carbons (Fsp3) is 0.769. The van der Waals surface area contributed by atoms with Gasteiger partial charge in [-0.1, -0.05) is 0 Å². The van der Waals surface area contributed by atoms with Gasteiger partial charge in [-0.05, 0) is 18.8 Å². The maximum Gasteiger partial charge on any atom is 0.335 e. The number of carbonyl (C=O) groups excluding carboxylic acids is 1. The Hall–Kier alpha value is -1.85. The predicted octanol–water partition coefficient (Wildman–Crippen LogP) is -0.810. The van der Waals surface area contributed by atoms with Crippen molar-refractivity contribution < 1.29 is 48.3 Å². The minimum atomic E-state index is -2.84. The van der Waals surface area contributed by atoms with Crippen molar-refractivity contribution >= 4 is 17.9 Å². The number of alkyl halides is 2. The molecule has 0 spiro atoms. The Labute approximate surface area is 136 Å². The Morgan fingerprint density at radius 1 is 1.17 bits per heavy atom. The van der Waals surface area contributed by atoms with E-state index in [0.717, 1.165) is 20.0 Å². The van der Waals surface area contributed by atoms with Gasteiger partial charge in [-0.2, -0.15) is 0 Å². The lowest BCUT2D eigenvalue weighted by molar-refractivity contribution is -0.165. The van der Waals surface area contributed by atoms with Crippen LogP contribution < -0.4 is 5.73 Å². The number of aliphatic carboxylic acids is 2. The van der Waals surface area contributed by atoms with Gasteiger partial charge in [0, 0.05) is 12.8 Å². The van der Waals surface area contributed by atoms with E-state index in [1.54, 1.807) is 0 Å². The van der Waals surface area contributed by atoms with E-state index in [-0.39, 0.29) is 12.3 Å². The summed E-state index contributed by atoms with van der Waals surface area (Å²) in [7, 11) is 1.14. The van der Waals surface area contributed by atoms with E-state index < -0.39 is 48.5 Å². The first kappa shape index (κ1) is 22.1. The fourth-order valence-electron chi connectivity index (χ4n) is 1.65. The first-order valence-corrected chi connectivity index (χ1v) is 6.94. The summed E-state index contributed by atoms with van der Waals surface area (Å²) in [6, 6.07) is -1.21. The SMILES string of the molecule is COC(=O)[C@@H](N)CC(F)(F)CC1CC1.O=C(O)[C@H](O)[C@@H](O)C(=O)O. The van der Waals surface area contributed by atoms with Crippen molar-refractivity contribution in [1.82, 2.24) is 0 Å². The standard InChI is InChI=1S/C9H15F2NO2.C4H6O6/c1-14-8(13)7(12)5-9(10,11)4-6-2-3-6;5-1(3(7)8)2(6)4(9)10/h6-7H,2-5,12H2,1H3;1-2,5-6H,(H,7,8)(H,9,10)/t7-;1-,2-/m01/s1. The third kappa shape index (κ3) is 8.70. The number of carbonyl (C=O) groups is 3. The van der Waals surface area contributed by atoms with Gasteiger partial charge in [0.2, 0.25) is 0 Å². The van der Waals surface area contributed by atoms with Crippen molar-refractivity contribution in [1.29, 1.82) is 0 Å². The third-order valence-electron chi connectivity index (χ3n) is 3.11. The van der Waals surface area contributed by atoms with Gasteiger partial charge >= 0.3 is 17.9 Å². The van der Waals surface area contributed by atoms with Crippen molar-refractivity contribution in [3.8, 4) is 0 Å². The van der Waals surface area contributed by atoms with Crippen molar-refractivity contribution in [3.63, 3.8) is 0 Å². The highest BCUT2D eigenvalue weighted by Gasteiger charge is 2.39. The molecule has 0 amide bonds. The van der Waals surface area contributed by atoms with E-state index in [1.807, 2.05) is 0 Å². The molecule has 1 aliphatic rings. The predicted molar refractivity (Wildman–Crippen MR) is 74.2 cm³/mol. The Kier molecular flexibility index (Phi) is 8.72. The Morgan fingerprint density at radius 3 is 1.88 bits per heavy atom. The van der Waals surface area contributed by atoms with Crippen LogP contribution >= 0.6 is 0 Å². The Morgan fingerprint density at radius 2 is 1.58 bits per heavy atom. The monoisotopic (exact) mass is 357 g/mol. The van der Waals surface area contributed by atoms with Gasteiger partial charge in [0.15, 0.2) is 12.2 Å². The lowest BCUT2D eigenvalue weighted by Crippen LogP contribution is -2.39. The lowest BCUT2D eigenvalue weighted by Gasteiger charge is -2.18. The molecule has 1 fully saturated rings. The van der Waals surface area contributed by atoms with Crippen LogP contribution in [0.5, 0.6) is 0 Å². The number of nitrogens with two attached hydrogens (primary N) is 1. The van der Waals surface area contributed by atoms with E-state index in [9.17, 15) is 23.2 Å². The fourth-order valence-corrected chi connectivity index (χ4v) is 1.65. The summed E-state index contributed by atoms with van der Waals surface area (Å²) in [5.74, 6) is -7.03. The van der Waals surface area contributed by atoms with Crippen molar-refractivity contribution in [2.75, 3.05) is 7.11 Å². The first-order valence-electron chi connectivity index (χ1n) is 6.94. The van der Waals surface area contributed by atoms with E-state index in [0.29, 0.717) is 0 Å². The van der Waals surface area contributed by atoms with Crippen LogP contribution in [-0.4, -0.2) is 69.6 Å². The number of rotatable bonds is 8. The molecule has 24 heavy (non-hydrogen) atoms. The summed E-state index contributed by atoms with van der Waals surface area (Å²) < 4.78 is 30.6. The van der Waals surface area contributed by atoms with E-state index >= 15 is 0 Å². The molecule has 140 valence electrons. The normalized spacial score (nSPS) is 17.8. The molecule has 0 radical (unpaired) electrons. The second-order valence-electron chi connectivity index (χ2n) is 5.40. The number of halogens is 2. The zero-order valence-corrected chi connectivity index (χ0v) is 12.9. The number of esters is 1. The molecule has 3 atom stereocenters. The average Bonchev–Trinajstić information content (AvgIpc) is 3.27. The highest BCUT2D eigenvalue weighted by atomic mass is 19.3. The molecular weight excluding hydrogens is 336 g/mol. The molecular formula is C13H21F2NO8. The lowest BCUT2D eigenvalue weighted by atomic mass is 10.0. The number of aliphatic hydroxyl groups excluding tert-OH is 2. The largest absolute Gasteiger partial charge is 0.479 e. The van der Waals surface area contributed by atoms with Crippen molar-refractivity contribution in [2.45, 2.75) is 49.9 Å². The number of hydrogen-bond donors (Lipinski definition) is 5. The van der Waals surface area contributed by atoms with Crippen LogP contribution in [-0.2, 0) is 19.1 Å². The molecule has 0 aromatic carbocycles. The van der Waals surface area contributed by atoms with Gasteiger partial charge in [0.25, 0.3) is 5.92 Å². The Balaban J connectivity index is 0.000000470. The number of aliphatic hydroxyl groups is 2. The summed E-state index contributed by atoms with van der Waals surface area (Å²) >= 11 is 0. The van der Waals surface area contributed by atoms with Crippen LogP contribution in [0.3, 0.4) is 0 Å². The van der Waals surface area contributed by atoms with Crippen LogP contribution in [0.25, 0.3) is 0 Å². The number of methoxy groups -OCH3 is 1. The van der Waals surface area contributed by atoms with Crippen LogP contribution in [0.4, 0.5) is 8.78 Å². The second-order valence-corrected chi connectivity index (χ2v) is 5.40. The molecule has 9 nitrogen and oxygen atoms in total. The maximum atomic E-state index is 13.2. The van der Waals surface area contributed by atoms with Gasteiger partial charge in [0.1, 0.15) is 6.04 Å². The zero-order chi connectivity index (χ0) is 19.1. The molecule has 1 rings (SSSR count). The number of ether oxygens (including phenoxy) is 1. The number of carboxylic acid groups (broad SMARTS) is 2. The van der Waals surface area contributed by atoms with E-state index in [4.69, 9.17) is 26.2 Å². The average molecular weight is 357 g/mol. The van der Waals surface area contributed by atoms with Crippen LogP contribution in [0.2, 0.25) is 0 Å². The summed E-state index contributed by atoms with van der Waals surface area (Å²) in [6.07, 6.45) is -3.57. The molecule has 6 N–H and O–H groups in total. The highest BCUT2D eigenvalue weighted by Crippen LogP contribution is 2.40. The molecule has 1 aliphatic carbocycles. The minimum Gasteiger partial charge on any atom is -0.479 e. The van der Waals surface area contributed by atoms with Gasteiger partial charge in [-0.15, -0.1) is 0 Å². The minimum absolute atomic E-state index is 0.120. The molecule has 1 saturated carbocycles. The molecule has 0 bridgehead atoms. The zero-order valence-electron chi connectivity index (χ0n) is 12.9. The summed E-state index contributed by atoms with van der Waals surface area (Å²) in [5, 5.41) is 32.5. The summed E-state index contributed by atoms with van der Waals surface area (Å²) in [5.41, 5.74) is 5.26. The van der Waals surface area contributed by atoms with Gasteiger partial charge in [0.05, 0.1) is 7.11 Å². The third-order valence-corrected chi connectivity index (χ3v) is 3.11. The summed E-state index contributed by atoms with van der Waals surface area (Å²) in [6.45, 7) is 0. The van der Waals surface area contributed by atoms with Crippen LogP contribution in [0.1, 0.15) is 25.7 Å². The van der Waals surface area contributed by atoms with Crippen molar-refractivity contribution in [3.05, 3.63) is 0 Å². The quantitative estimate of drug-likeness (QED) is 0.349. The van der Waals surface area contributed by atoms with Crippen molar-refractivity contribution in [2.24, 2.45) is 11.7 Å². The number of hydrogen-bond acceptors (Lipinski definition) is 7. The molecule has 0 heterocycles. The van der Waals surface area contributed by atoms with Crippen LogP contribution in [0, 0.1) is 5.92 Å². The smallest absolute Gasteiger partial charge is 0.335 e. The van der Waals surface area contributed by atoms with Crippen LogP contribution in [0.15, 0.2) is 0 Å². The summed E-state index contributed by atoms with van der Waals surface area (Å²) in [4.78, 5) is 30.4. The molecule has 0 aromatic heterocycles. The number of carboxylic acids is 2. The van der Waals surface area contributed by atoms with Gasteiger partial charge < -0.3 is 30.9 Å².